The van der Waals surface area contributed by atoms with Crippen LogP contribution >= 0.6 is 24.0 Å². The molecule has 0 bridgehead atoms. The summed E-state index contributed by atoms with van der Waals surface area (Å²) < 4.78 is 0.564. The standard InChI is InChI=1S/C22H21NO3S2/c24-20(25)12-5-2-6-13-23-21(26)19(28-22(23)27)15-16-8-7-11-18(14-16)17-9-3-1-4-10-17/h1,3-4,7-11,14-15H,2,5-6,12-13H2,(H,24,25). The summed E-state index contributed by atoms with van der Waals surface area (Å²) in [5.74, 6) is -0.857. The minimum absolute atomic E-state index is 0.0710. The quantitative estimate of drug-likeness (QED) is 0.368. The molecule has 1 N–H and O–H groups in total. The van der Waals surface area contributed by atoms with Crippen LogP contribution in [0.4, 0.5) is 0 Å². The van der Waals surface area contributed by atoms with Gasteiger partial charge in [0.2, 0.25) is 0 Å². The number of thiocarbonyl (C=S) groups is 1. The first-order chi connectivity index (χ1) is 13.5. The van der Waals surface area contributed by atoms with Crippen molar-refractivity contribution in [3.8, 4) is 11.1 Å². The number of amides is 1. The predicted octanol–water partition coefficient (Wildman–Crippen LogP) is 5.20. The van der Waals surface area contributed by atoms with Crippen LogP contribution in [0.15, 0.2) is 59.5 Å². The van der Waals surface area contributed by atoms with Gasteiger partial charge in [0.15, 0.2) is 0 Å². The number of hydrogen-bond donors (Lipinski definition) is 1. The van der Waals surface area contributed by atoms with E-state index in [1.54, 1.807) is 4.90 Å². The Morgan fingerprint density at radius 3 is 2.54 bits per heavy atom. The zero-order valence-corrected chi connectivity index (χ0v) is 17.0. The van der Waals surface area contributed by atoms with E-state index in [0.717, 1.165) is 29.5 Å². The van der Waals surface area contributed by atoms with Crippen LogP contribution in [-0.2, 0) is 9.59 Å². The molecule has 0 spiro atoms. The lowest BCUT2D eigenvalue weighted by Crippen LogP contribution is -2.29. The number of hydrogen-bond acceptors (Lipinski definition) is 4. The lowest BCUT2D eigenvalue weighted by Gasteiger charge is -2.13. The first-order valence-corrected chi connectivity index (χ1v) is 10.4. The number of aliphatic carboxylic acids is 1. The van der Waals surface area contributed by atoms with Gasteiger partial charge in [0.05, 0.1) is 4.91 Å². The summed E-state index contributed by atoms with van der Waals surface area (Å²) in [4.78, 5) is 25.5. The van der Waals surface area contributed by atoms with Crippen LogP contribution in [0.5, 0.6) is 0 Å². The third kappa shape index (κ3) is 5.30. The van der Waals surface area contributed by atoms with Crippen molar-refractivity contribution in [2.75, 3.05) is 6.54 Å². The molecule has 6 heteroatoms. The van der Waals surface area contributed by atoms with Gasteiger partial charge < -0.3 is 5.11 Å². The van der Waals surface area contributed by atoms with Gasteiger partial charge in [0.25, 0.3) is 5.91 Å². The summed E-state index contributed by atoms with van der Waals surface area (Å²) in [6, 6.07) is 18.2. The summed E-state index contributed by atoms with van der Waals surface area (Å²) in [6.45, 7) is 0.533. The van der Waals surface area contributed by atoms with E-state index in [0.29, 0.717) is 22.2 Å². The number of benzene rings is 2. The van der Waals surface area contributed by atoms with Gasteiger partial charge in [-0.3, -0.25) is 14.5 Å². The second-order valence-electron chi connectivity index (χ2n) is 6.53. The van der Waals surface area contributed by atoms with Crippen LogP contribution in [0.25, 0.3) is 17.2 Å². The van der Waals surface area contributed by atoms with E-state index in [1.807, 2.05) is 36.4 Å². The molecular formula is C22H21NO3S2. The van der Waals surface area contributed by atoms with Gasteiger partial charge in [-0.25, -0.2) is 0 Å². The van der Waals surface area contributed by atoms with E-state index in [1.165, 1.54) is 11.8 Å². The average molecular weight is 412 g/mol. The fourth-order valence-electron chi connectivity index (χ4n) is 3.01. The molecular weight excluding hydrogens is 390 g/mol. The SMILES string of the molecule is O=C(O)CCCCCN1C(=O)C(=Cc2cccc(-c3ccccc3)c2)SC1=S. The Kier molecular flexibility index (Phi) is 7.01. The van der Waals surface area contributed by atoms with Crippen LogP contribution in [0.1, 0.15) is 31.2 Å². The normalized spacial score (nSPS) is 15.4. The molecule has 28 heavy (non-hydrogen) atoms. The summed E-state index contributed by atoms with van der Waals surface area (Å²) >= 11 is 6.69. The maximum absolute atomic E-state index is 12.7. The van der Waals surface area contributed by atoms with Crippen molar-refractivity contribution < 1.29 is 14.7 Å². The molecule has 2 aromatic carbocycles. The van der Waals surface area contributed by atoms with Crippen molar-refractivity contribution in [1.29, 1.82) is 0 Å². The number of carbonyl (C=O) groups excluding carboxylic acids is 1. The minimum atomic E-state index is -0.786. The maximum atomic E-state index is 12.7. The molecule has 1 aliphatic heterocycles. The average Bonchev–Trinajstić information content (AvgIpc) is 2.95. The smallest absolute Gasteiger partial charge is 0.303 e. The molecule has 1 aliphatic rings. The van der Waals surface area contributed by atoms with Crippen molar-refractivity contribution in [2.45, 2.75) is 25.7 Å². The van der Waals surface area contributed by atoms with E-state index in [9.17, 15) is 9.59 Å². The number of carboxylic acids is 1. The molecule has 1 heterocycles. The van der Waals surface area contributed by atoms with Crippen LogP contribution in [0, 0.1) is 0 Å². The highest BCUT2D eigenvalue weighted by Gasteiger charge is 2.31. The van der Waals surface area contributed by atoms with Gasteiger partial charge in [-0.1, -0.05) is 78.9 Å². The van der Waals surface area contributed by atoms with Crippen molar-refractivity contribution >= 4 is 46.3 Å². The van der Waals surface area contributed by atoms with E-state index in [-0.39, 0.29) is 12.3 Å². The topological polar surface area (TPSA) is 57.6 Å². The van der Waals surface area contributed by atoms with E-state index >= 15 is 0 Å². The van der Waals surface area contributed by atoms with E-state index < -0.39 is 5.97 Å². The molecule has 2 aromatic rings. The Balaban J connectivity index is 1.66. The molecule has 0 unspecified atom stereocenters. The molecule has 4 nitrogen and oxygen atoms in total. The van der Waals surface area contributed by atoms with Gasteiger partial charge >= 0.3 is 5.97 Å². The highest BCUT2D eigenvalue weighted by molar-refractivity contribution is 8.26. The molecule has 3 rings (SSSR count). The van der Waals surface area contributed by atoms with Gasteiger partial charge in [-0.15, -0.1) is 0 Å². The molecule has 1 fully saturated rings. The largest absolute Gasteiger partial charge is 0.481 e. The van der Waals surface area contributed by atoms with Crippen LogP contribution in [0.3, 0.4) is 0 Å². The number of rotatable bonds is 8. The molecule has 0 aliphatic carbocycles. The minimum Gasteiger partial charge on any atom is -0.481 e. The van der Waals surface area contributed by atoms with Crippen LogP contribution < -0.4 is 0 Å². The second-order valence-corrected chi connectivity index (χ2v) is 8.21. The number of nitrogens with zero attached hydrogens (tertiary/aromatic N) is 1. The summed E-state index contributed by atoms with van der Waals surface area (Å²) in [7, 11) is 0. The van der Waals surface area contributed by atoms with Gasteiger partial charge in [0.1, 0.15) is 4.32 Å². The fourth-order valence-corrected chi connectivity index (χ4v) is 4.31. The van der Waals surface area contributed by atoms with Crippen molar-refractivity contribution in [3.63, 3.8) is 0 Å². The maximum Gasteiger partial charge on any atom is 0.303 e. The van der Waals surface area contributed by atoms with Crippen LogP contribution in [0.2, 0.25) is 0 Å². The third-order valence-electron chi connectivity index (χ3n) is 4.44. The Hall–Kier alpha value is -2.44. The van der Waals surface area contributed by atoms with Crippen LogP contribution in [-0.4, -0.2) is 32.7 Å². The summed E-state index contributed by atoms with van der Waals surface area (Å²) in [5, 5.41) is 8.68. The zero-order valence-electron chi connectivity index (χ0n) is 15.3. The number of thioether (sulfide) groups is 1. The Morgan fingerprint density at radius 2 is 1.79 bits per heavy atom. The Morgan fingerprint density at radius 1 is 1.04 bits per heavy atom. The Bertz CT molecular complexity index is 909. The summed E-state index contributed by atoms with van der Waals surface area (Å²) in [6.07, 6.45) is 4.18. The zero-order chi connectivity index (χ0) is 19.9. The Labute approximate surface area is 174 Å². The van der Waals surface area contributed by atoms with E-state index in [4.69, 9.17) is 17.3 Å². The first-order valence-electron chi connectivity index (χ1n) is 9.17. The van der Waals surface area contributed by atoms with Gasteiger partial charge in [0, 0.05) is 13.0 Å². The lowest BCUT2D eigenvalue weighted by atomic mass is 10.0. The van der Waals surface area contributed by atoms with Crippen molar-refractivity contribution in [3.05, 3.63) is 65.1 Å². The molecule has 144 valence electrons. The number of carbonyl (C=O) groups is 2. The van der Waals surface area contributed by atoms with Gasteiger partial charge in [-0.05, 0) is 41.7 Å². The molecule has 1 amide bonds. The predicted molar refractivity (Wildman–Crippen MR) is 118 cm³/mol. The molecule has 0 radical (unpaired) electrons. The monoisotopic (exact) mass is 411 g/mol. The third-order valence-corrected chi connectivity index (χ3v) is 5.82. The lowest BCUT2D eigenvalue weighted by molar-refractivity contribution is -0.137. The molecule has 0 saturated carbocycles. The van der Waals surface area contributed by atoms with E-state index in [2.05, 4.69) is 24.3 Å². The highest BCUT2D eigenvalue weighted by Crippen LogP contribution is 2.33. The number of carboxylic acid groups (broad SMARTS) is 1. The van der Waals surface area contributed by atoms with Crippen molar-refractivity contribution in [2.24, 2.45) is 0 Å². The second kappa shape index (κ2) is 9.66. The first kappa shape index (κ1) is 20.3. The molecule has 1 saturated heterocycles. The van der Waals surface area contributed by atoms with Gasteiger partial charge in [-0.2, -0.15) is 0 Å². The van der Waals surface area contributed by atoms with Crippen molar-refractivity contribution in [1.82, 2.24) is 4.90 Å². The summed E-state index contributed by atoms with van der Waals surface area (Å²) in [5.41, 5.74) is 3.19. The highest BCUT2D eigenvalue weighted by atomic mass is 32.2. The number of unbranched alkanes of at least 4 members (excludes halogenated alkanes) is 2. The molecule has 0 atom stereocenters. The molecule has 0 aromatic heterocycles. The fraction of sp³-hybridized carbons (Fsp3) is 0.227.